The number of hydrogen-bond donors (Lipinski definition) is 1. The van der Waals surface area contributed by atoms with Crippen molar-refractivity contribution in [2.75, 3.05) is 24.5 Å². The fraction of sp³-hybridized carbons (Fsp3) is 0.500. The van der Waals surface area contributed by atoms with Gasteiger partial charge in [0.1, 0.15) is 5.82 Å². The highest BCUT2D eigenvalue weighted by atomic mass is 19.4. The van der Waals surface area contributed by atoms with E-state index in [0.717, 1.165) is 6.42 Å². The van der Waals surface area contributed by atoms with Crippen molar-refractivity contribution in [1.29, 1.82) is 0 Å². The van der Waals surface area contributed by atoms with E-state index in [2.05, 4.69) is 29.9 Å². The van der Waals surface area contributed by atoms with Gasteiger partial charge in [-0.1, -0.05) is 5.16 Å². The number of halogens is 3. The number of alkyl halides is 3. The standard InChI is InChI=1S/C16H17F3N6O2/c1-2-20-15(26)25-10-5-11(25)8-24(7-10)12-4-3-9(6-21-12)13-22-14(27-23-13)16(17,18)19/h3-4,6,10-11H,2,5,7-8H2,1H3,(H,20,26). The van der Waals surface area contributed by atoms with Crippen molar-refractivity contribution in [3.63, 3.8) is 0 Å². The number of nitrogens with zero attached hydrogens (tertiary/aromatic N) is 5. The van der Waals surface area contributed by atoms with Crippen LogP contribution >= 0.6 is 0 Å². The molecule has 2 bridgehead atoms. The zero-order chi connectivity index (χ0) is 19.2. The molecule has 1 N–H and O–H groups in total. The summed E-state index contributed by atoms with van der Waals surface area (Å²) < 4.78 is 41.9. The molecule has 3 saturated heterocycles. The molecule has 8 nitrogen and oxygen atoms in total. The van der Waals surface area contributed by atoms with Crippen LogP contribution in [0.2, 0.25) is 0 Å². The molecule has 11 heteroatoms. The van der Waals surface area contributed by atoms with Gasteiger partial charge in [-0.2, -0.15) is 18.2 Å². The number of urea groups is 1. The number of piperidine rings is 1. The van der Waals surface area contributed by atoms with E-state index >= 15 is 0 Å². The zero-order valence-electron chi connectivity index (χ0n) is 14.4. The monoisotopic (exact) mass is 382 g/mol. The number of aromatic nitrogens is 3. The highest BCUT2D eigenvalue weighted by Crippen LogP contribution is 2.34. The average molecular weight is 382 g/mol. The van der Waals surface area contributed by atoms with Gasteiger partial charge >= 0.3 is 18.1 Å². The van der Waals surface area contributed by atoms with Gasteiger partial charge in [0.05, 0.1) is 12.1 Å². The van der Waals surface area contributed by atoms with Crippen molar-refractivity contribution >= 4 is 11.8 Å². The van der Waals surface area contributed by atoms with Gasteiger partial charge in [-0.15, -0.1) is 0 Å². The van der Waals surface area contributed by atoms with Crippen LogP contribution < -0.4 is 10.2 Å². The highest BCUT2D eigenvalue weighted by molar-refractivity contribution is 5.76. The van der Waals surface area contributed by atoms with E-state index in [0.29, 0.717) is 31.0 Å². The lowest BCUT2D eigenvalue weighted by Crippen LogP contribution is -2.71. The summed E-state index contributed by atoms with van der Waals surface area (Å²) in [4.78, 5) is 23.6. The van der Waals surface area contributed by atoms with E-state index in [4.69, 9.17) is 0 Å². The number of carbonyl (C=O) groups is 1. The predicted octanol–water partition coefficient (Wildman–Crippen LogP) is 2.14. The molecule has 2 unspecified atom stereocenters. The zero-order valence-corrected chi connectivity index (χ0v) is 14.4. The van der Waals surface area contributed by atoms with E-state index < -0.39 is 12.1 Å². The molecule has 3 fully saturated rings. The molecule has 3 aliphatic heterocycles. The second kappa shape index (κ2) is 6.39. The number of hydrogen-bond acceptors (Lipinski definition) is 6. The Morgan fingerprint density at radius 1 is 1.33 bits per heavy atom. The number of amides is 2. The molecule has 2 aromatic rings. The normalized spacial score (nSPS) is 21.8. The Morgan fingerprint density at radius 3 is 2.63 bits per heavy atom. The number of carbonyl (C=O) groups excluding carboxylic acids is 1. The van der Waals surface area contributed by atoms with Crippen LogP contribution in [-0.4, -0.2) is 57.8 Å². The Kier molecular flexibility index (Phi) is 4.16. The van der Waals surface area contributed by atoms with Crippen LogP contribution in [0.4, 0.5) is 23.8 Å². The third-order valence-corrected chi connectivity index (χ3v) is 4.75. The lowest BCUT2D eigenvalue weighted by Gasteiger charge is -2.56. The number of pyridine rings is 1. The summed E-state index contributed by atoms with van der Waals surface area (Å²) in [7, 11) is 0. The van der Waals surface area contributed by atoms with Gasteiger partial charge in [0.15, 0.2) is 0 Å². The minimum Gasteiger partial charge on any atom is -0.352 e. The second-order valence-electron chi connectivity index (χ2n) is 6.52. The molecule has 5 heterocycles. The van der Waals surface area contributed by atoms with Crippen molar-refractivity contribution < 1.29 is 22.5 Å². The summed E-state index contributed by atoms with van der Waals surface area (Å²) in [6, 6.07) is 3.56. The van der Waals surface area contributed by atoms with E-state index in [1.807, 2.05) is 11.8 Å². The molecule has 0 radical (unpaired) electrons. The Morgan fingerprint density at radius 2 is 2.07 bits per heavy atom. The molecule has 27 heavy (non-hydrogen) atoms. The first-order valence-corrected chi connectivity index (χ1v) is 8.55. The van der Waals surface area contributed by atoms with Crippen molar-refractivity contribution in [2.45, 2.75) is 31.6 Å². The molecule has 0 spiro atoms. The summed E-state index contributed by atoms with van der Waals surface area (Å²) in [5.41, 5.74) is 0.337. The maximum absolute atomic E-state index is 12.6. The Bertz CT molecular complexity index is 825. The number of anilines is 1. The third-order valence-electron chi connectivity index (χ3n) is 4.75. The quantitative estimate of drug-likeness (QED) is 0.875. The summed E-state index contributed by atoms with van der Waals surface area (Å²) in [6.07, 6.45) is -2.29. The number of piperazine rings is 1. The third kappa shape index (κ3) is 3.17. The number of nitrogens with one attached hydrogen (secondary N) is 1. The minimum atomic E-state index is -4.68. The maximum Gasteiger partial charge on any atom is 0.471 e. The first kappa shape index (κ1) is 17.6. The fourth-order valence-electron chi connectivity index (χ4n) is 3.53. The lowest BCUT2D eigenvalue weighted by atomic mass is 9.88. The van der Waals surface area contributed by atoms with Crippen LogP contribution in [0.5, 0.6) is 0 Å². The first-order chi connectivity index (χ1) is 12.9. The molecular weight excluding hydrogens is 365 g/mol. The van der Waals surface area contributed by atoms with Crippen LogP contribution in [-0.2, 0) is 6.18 Å². The topological polar surface area (TPSA) is 87.4 Å². The van der Waals surface area contributed by atoms with E-state index in [-0.39, 0.29) is 23.9 Å². The molecule has 144 valence electrons. The van der Waals surface area contributed by atoms with Crippen LogP contribution in [0.25, 0.3) is 11.4 Å². The highest BCUT2D eigenvalue weighted by Gasteiger charge is 2.47. The average Bonchev–Trinajstić information content (AvgIpc) is 3.12. The summed E-state index contributed by atoms with van der Waals surface area (Å²) in [5.74, 6) is -0.850. The van der Waals surface area contributed by atoms with E-state index in [9.17, 15) is 18.0 Å². The van der Waals surface area contributed by atoms with Crippen molar-refractivity contribution in [3.8, 4) is 11.4 Å². The molecule has 0 aliphatic carbocycles. The van der Waals surface area contributed by atoms with Gasteiger partial charge in [0.2, 0.25) is 5.82 Å². The van der Waals surface area contributed by atoms with Crippen molar-refractivity contribution in [3.05, 3.63) is 24.2 Å². The molecule has 0 saturated carbocycles. The largest absolute Gasteiger partial charge is 0.471 e. The first-order valence-electron chi connectivity index (χ1n) is 8.55. The molecule has 2 atom stereocenters. The van der Waals surface area contributed by atoms with E-state index in [1.165, 1.54) is 6.20 Å². The molecule has 0 aromatic carbocycles. The number of fused-ring (bicyclic) bond motifs is 2. The summed E-state index contributed by atoms with van der Waals surface area (Å²) >= 11 is 0. The van der Waals surface area contributed by atoms with Crippen LogP contribution in [0.15, 0.2) is 22.9 Å². The molecular formula is C16H17F3N6O2. The van der Waals surface area contributed by atoms with Crippen molar-refractivity contribution in [2.24, 2.45) is 0 Å². The van der Waals surface area contributed by atoms with Crippen LogP contribution in [0.3, 0.4) is 0 Å². The van der Waals surface area contributed by atoms with E-state index in [1.54, 1.807) is 12.1 Å². The van der Waals surface area contributed by atoms with Crippen LogP contribution in [0.1, 0.15) is 19.2 Å². The SMILES string of the molecule is CCNC(=O)N1C2CC1CN(c1ccc(-c3noc(C(F)(F)F)n3)cn1)C2. The van der Waals surface area contributed by atoms with Gasteiger partial charge in [0, 0.05) is 31.4 Å². The predicted molar refractivity (Wildman–Crippen MR) is 87.8 cm³/mol. The Labute approximate surface area is 152 Å². The van der Waals surface area contributed by atoms with Crippen molar-refractivity contribution in [1.82, 2.24) is 25.3 Å². The Balaban J connectivity index is 1.44. The molecule has 2 aromatic heterocycles. The van der Waals surface area contributed by atoms with Gasteiger partial charge in [-0.25, -0.2) is 9.78 Å². The Hall–Kier alpha value is -2.85. The van der Waals surface area contributed by atoms with Gasteiger partial charge in [-0.05, 0) is 25.5 Å². The molecule has 5 rings (SSSR count). The maximum atomic E-state index is 12.6. The minimum absolute atomic E-state index is 0.0423. The smallest absolute Gasteiger partial charge is 0.352 e. The lowest BCUT2D eigenvalue weighted by molar-refractivity contribution is -0.159. The number of rotatable bonds is 3. The fourth-order valence-corrected chi connectivity index (χ4v) is 3.53. The van der Waals surface area contributed by atoms with Gasteiger partial charge < -0.3 is 19.6 Å². The summed E-state index contributed by atoms with van der Waals surface area (Å²) in [5, 5.41) is 6.17. The van der Waals surface area contributed by atoms with Crippen LogP contribution in [0, 0.1) is 0 Å². The second-order valence-corrected chi connectivity index (χ2v) is 6.52. The van der Waals surface area contributed by atoms with Gasteiger partial charge in [-0.3, -0.25) is 0 Å². The van der Waals surface area contributed by atoms with Gasteiger partial charge in [0.25, 0.3) is 0 Å². The molecule has 3 aliphatic rings. The summed E-state index contributed by atoms with van der Waals surface area (Å²) in [6.45, 7) is 3.81. The molecule has 2 amide bonds.